The van der Waals surface area contributed by atoms with E-state index >= 15 is 0 Å². The average molecular weight is 230 g/mol. The van der Waals surface area contributed by atoms with Gasteiger partial charge in [-0.25, -0.2) is 0 Å². The van der Waals surface area contributed by atoms with Crippen molar-refractivity contribution in [1.82, 2.24) is 0 Å². The molecular weight excluding hydrogens is 217 g/mol. The molecule has 1 aliphatic carbocycles. The highest BCUT2D eigenvalue weighted by Gasteiger charge is 2.29. The van der Waals surface area contributed by atoms with Gasteiger partial charge in [-0.3, -0.25) is 0 Å². The van der Waals surface area contributed by atoms with Gasteiger partial charge in [0.1, 0.15) is 5.75 Å². The highest BCUT2D eigenvalue weighted by molar-refractivity contribution is 5.37. The molecule has 1 aromatic carbocycles. The Kier molecular flexibility index (Phi) is 2.82. The molecule has 88 valence electrons. The Morgan fingerprint density at radius 3 is 2.50 bits per heavy atom. The zero-order chi connectivity index (χ0) is 11.8. The Bertz CT molecular complexity index is 380. The second-order valence-electron chi connectivity index (χ2n) is 4.26. The fourth-order valence-electron chi connectivity index (χ4n) is 1.68. The van der Waals surface area contributed by atoms with Crippen LogP contribution < -0.4 is 4.74 Å². The molecule has 1 nitrogen and oxygen atoms in total. The summed E-state index contributed by atoms with van der Waals surface area (Å²) in [5.41, 5.74) is 2.04. The molecule has 16 heavy (non-hydrogen) atoms. The molecule has 2 rings (SSSR count). The summed E-state index contributed by atoms with van der Waals surface area (Å²) in [4.78, 5) is 0. The molecule has 1 fully saturated rings. The van der Waals surface area contributed by atoms with E-state index in [0.29, 0.717) is 11.7 Å². The van der Waals surface area contributed by atoms with Crippen LogP contribution in [0.1, 0.15) is 29.9 Å². The first kappa shape index (κ1) is 11.3. The largest absolute Gasteiger partial charge is 0.484 e. The van der Waals surface area contributed by atoms with Crippen molar-refractivity contribution in [2.24, 2.45) is 0 Å². The third-order valence-corrected chi connectivity index (χ3v) is 2.52. The lowest BCUT2D eigenvalue weighted by atomic mass is 10.1. The molecule has 0 heterocycles. The molecule has 1 aliphatic rings. The van der Waals surface area contributed by atoms with Crippen molar-refractivity contribution in [1.29, 1.82) is 0 Å². The molecule has 0 unspecified atom stereocenters. The lowest BCUT2D eigenvalue weighted by Crippen LogP contribution is -2.19. The summed E-state index contributed by atoms with van der Waals surface area (Å²) in [7, 11) is 0. The van der Waals surface area contributed by atoms with Gasteiger partial charge in [0.15, 0.2) is 6.61 Å². The van der Waals surface area contributed by atoms with Gasteiger partial charge in [-0.1, -0.05) is 6.07 Å². The minimum absolute atomic E-state index is 0.319. The van der Waals surface area contributed by atoms with Crippen LogP contribution >= 0.6 is 0 Å². The van der Waals surface area contributed by atoms with Gasteiger partial charge in [0.05, 0.1) is 0 Å². The number of alkyl halides is 3. The SMILES string of the molecule is Cc1cc(OCC(F)(F)F)cc(C2CC2)c1. The van der Waals surface area contributed by atoms with E-state index in [1.807, 2.05) is 13.0 Å². The number of rotatable bonds is 3. The van der Waals surface area contributed by atoms with E-state index in [1.165, 1.54) is 0 Å². The predicted molar refractivity (Wildman–Crippen MR) is 54.7 cm³/mol. The third kappa shape index (κ3) is 3.15. The second kappa shape index (κ2) is 4.00. The first-order chi connectivity index (χ1) is 7.44. The van der Waals surface area contributed by atoms with E-state index < -0.39 is 12.8 Å². The number of benzene rings is 1. The molecule has 0 N–H and O–H groups in total. The van der Waals surface area contributed by atoms with Gasteiger partial charge in [-0.2, -0.15) is 13.2 Å². The van der Waals surface area contributed by atoms with Crippen LogP contribution in [-0.4, -0.2) is 12.8 Å². The van der Waals surface area contributed by atoms with Gasteiger partial charge in [0.25, 0.3) is 0 Å². The molecule has 4 heteroatoms. The first-order valence-corrected chi connectivity index (χ1v) is 5.25. The molecule has 0 radical (unpaired) electrons. The average Bonchev–Trinajstić information content (AvgIpc) is 2.95. The minimum Gasteiger partial charge on any atom is -0.484 e. The highest BCUT2D eigenvalue weighted by atomic mass is 19.4. The summed E-state index contributed by atoms with van der Waals surface area (Å²) in [6, 6.07) is 5.37. The summed E-state index contributed by atoms with van der Waals surface area (Å²) in [5, 5.41) is 0. The van der Waals surface area contributed by atoms with Gasteiger partial charge < -0.3 is 4.74 Å². The lowest BCUT2D eigenvalue weighted by molar-refractivity contribution is -0.153. The van der Waals surface area contributed by atoms with Crippen LogP contribution in [0.15, 0.2) is 18.2 Å². The number of hydrogen-bond donors (Lipinski definition) is 0. The van der Waals surface area contributed by atoms with E-state index in [4.69, 9.17) is 4.74 Å². The van der Waals surface area contributed by atoms with Crippen LogP contribution in [0.5, 0.6) is 5.75 Å². The van der Waals surface area contributed by atoms with Crippen LogP contribution in [0.3, 0.4) is 0 Å². The summed E-state index contributed by atoms with van der Waals surface area (Å²) in [5.74, 6) is 0.840. The molecule has 0 atom stereocenters. The third-order valence-electron chi connectivity index (χ3n) is 2.52. The molecule has 1 aromatic rings. The molecule has 0 saturated heterocycles. The Hall–Kier alpha value is -1.19. The van der Waals surface area contributed by atoms with Crippen molar-refractivity contribution in [2.75, 3.05) is 6.61 Å². The molecule has 0 spiro atoms. The van der Waals surface area contributed by atoms with Crippen LogP contribution in [0.2, 0.25) is 0 Å². The van der Waals surface area contributed by atoms with Crippen LogP contribution in [0.4, 0.5) is 13.2 Å². The van der Waals surface area contributed by atoms with Crippen molar-refractivity contribution in [2.45, 2.75) is 31.9 Å². The monoisotopic (exact) mass is 230 g/mol. The van der Waals surface area contributed by atoms with Crippen molar-refractivity contribution < 1.29 is 17.9 Å². The Balaban J connectivity index is 2.08. The fourth-order valence-corrected chi connectivity index (χ4v) is 1.68. The second-order valence-corrected chi connectivity index (χ2v) is 4.26. The maximum Gasteiger partial charge on any atom is 0.422 e. The molecule has 0 amide bonds. The van der Waals surface area contributed by atoms with Gasteiger partial charge in [0, 0.05) is 0 Å². The smallest absolute Gasteiger partial charge is 0.422 e. The van der Waals surface area contributed by atoms with Crippen LogP contribution in [0, 0.1) is 6.92 Å². The fraction of sp³-hybridized carbons (Fsp3) is 0.500. The topological polar surface area (TPSA) is 9.23 Å². The Labute approximate surface area is 92.2 Å². The first-order valence-electron chi connectivity index (χ1n) is 5.25. The van der Waals surface area contributed by atoms with Crippen molar-refractivity contribution in [3.05, 3.63) is 29.3 Å². The number of halogens is 3. The summed E-state index contributed by atoms with van der Waals surface area (Å²) < 4.78 is 40.7. The normalized spacial score (nSPS) is 16.2. The highest BCUT2D eigenvalue weighted by Crippen LogP contribution is 2.41. The zero-order valence-electron chi connectivity index (χ0n) is 8.97. The summed E-state index contributed by atoms with van der Waals surface area (Å²) in [6.45, 7) is 0.646. The zero-order valence-corrected chi connectivity index (χ0v) is 8.97. The van der Waals surface area contributed by atoms with Gasteiger partial charge in [-0.15, -0.1) is 0 Å². The van der Waals surface area contributed by atoms with Gasteiger partial charge in [-0.05, 0) is 48.9 Å². The lowest BCUT2D eigenvalue weighted by Gasteiger charge is -2.11. The standard InChI is InChI=1S/C12H13F3O/c1-8-4-10(9-2-3-9)6-11(5-8)16-7-12(13,14)15/h4-6,9H,2-3,7H2,1H3. The van der Waals surface area contributed by atoms with Crippen molar-refractivity contribution >= 4 is 0 Å². The number of hydrogen-bond acceptors (Lipinski definition) is 1. The van der Waals surface area contributed by atoms with E-state index in [0.717, 1.165) is 24.0 Å². The molecule has 1 saturated carbocycles. The maximum atomic E-state index is 12.0. The van der Waals surface area contributed by atoms with E-state index in [9.17, 15) is 13.2 Å². The predicted octanol–water partition coefficient (Wildman–Crippen LogP) is 3.81. The van der Waals surface area contributed by atoms with Crippen LogP contribution in [0.25, 0.3) is 0 Å². The maximum absolute atomic E-state index is 12.0. The number of aryl methyl sites for hydroxylation is 1. The van der Waals surface area contributed by atoms with Gasteiger partial charge >= 0.3 is 6.18 Å². The summed E-state index contributed by atoms with van der Waals surface area (Å²) in [6.07, 6.45) is -2.02. The Morgan fingerprint density at radius 2 is 1.94 bits per heavy atom. The Morgan fingerprint density at radius 1 is 1.25 bits per heavy atom. The molecular formula is C12H13F3O. The summed E-state index contributed by atoms with van der Waals surface area (Å²) >= 11 is 0. The molecule has 0 aliphatic heterocycles. The minimum atomic E-state index is -4.27. The number of ether oxygens (including phenoxy) is 1. The quantitative estimate of drug-likeness (QED) is 0.767. The molecule has 0 aromatic heterocycles. The van der Waals surface area contributed by atoms with E-state index in [2.05, 4.69) is 0 Å². The van der Waals surface area contributed by atoms with Crippen LogP contribution in [-0.2, 0) is 0 Å². The van der Waals surface area contributed by atoms with E-state index in [-0.39, 0.29) is 0 Å². The van der Waals surface area contributed by atoms with Crippen molar-refractivity contribution in [3.63, 3.8) is 0 Å². The van der Waals surface area contributed by atoms with E-state index in [1.54, 1.807) is 12.1 Å². The molecule has 0 bridgehead atoms. The van der Waals surface area contributed by atoms with Gasteiger partial charge in [0.2, 0.25) is 0 Å². The van der Waals surface area contributed by atoms with Crippen molar-refractivity contribution in [3.8, 4) is 5.75 Å².